The van der Waals surface area contributed by atoms with E-state index in [9.17, 15) is 0 Å². The third kappa shape index (κ3) is 39000. The van der Waals surface area contributed by atoms with E-state index in [2.05, 4.69) is 0 Å². The second-order valence-electron chi connectivity index (χ2n) is 0. The van der Waals surface area contributed by atoms with Gasteiger partial charge in [0.2, 0.25) is 0 Å². The minimum absolute atomic E-state index is 0. The van der Waals surface area contributed by atoms with E-state index in [1.165, 1.54) is 0 Å². The molecule has 0 radical (unpaired) electrons. The molecule has 0 saturated carbocycles. The standard InChI is InChI=1S/2CN.Na/c2*1-2;/q2*-1;+1/p+1. The van der Waals surface area contributed by atoms with Gasteiger partial charge in [0.15, 0.2) is 0 Å². The zero-order valence-electron chi connectivity index (χ0n) is 3.89. The molecule has 0 aliphatic carbocycles. The fourth-order valence-electron chi connectivity index (χ4n) is 0. The molecule has 0 unspecified atom stereocenters. The summed E-state index contributed by atoms with van der Waals surface area (Å²) in [5.74, 6) is 0. The van der Waals surface area contributed by atoms with E-state index in [1.54, 1.807) is 0 Å². The Bertz CT molecular complexity index is 27.0. The summed E-state index contributed by atoms with van der Waals surface area (Å²) in [6.07, 6.45) is 0. The Morgan fingerprint density at radius 1 is 1.00 bits per heavy atom. The fourth-order valence-corrected chi connectivity index (χ4v) is 0. The van der Waals surface area contributed by atoms with Crippen molar-refractivity contribution in [3.63, 3.8) is 0 Å². The summed E-state index contributed by atoms with van der Waals surface area (Å²) in [7, 11) is 0. The molecule has 20 valence electrons. The van der Waals surface area contributed by atoms with E-state index < -0.39 is 0 Å². The van der Waals surface area contributed by atoms with Crippen LogP contribution in [-0.4, -0.2) is 0 Å². The molecule has 0 aromatic carbocycles. The molecule has 0 N–H and O–H groups in total. The van der Waals surface area contributed by atoms with Gasteiger partial charge in [-0.1, -0.05) is 0 Å². The van der Waals surface area contributed by atoms with Gasteiger partial charge in [-0.15, -0.1) is 0 Å². The fraction of sp³-hybridized carbons (Fsp3) is 0. The molecule has 0 aliphatic rings. The average molecular weight is 76.0 g/mol. The predicted octanol–water partition coefficient (Wildman–Crippen LogP) is -2.69. The van der Waals surface area contributed by atoms with Crippen molar-refractivity contribution in [2.24, 2.45) is 0 Å². The Morgan fingerprint density at radius 3 is 1.00 bits per heavy atom. The second kappa shape index (κ2) is 88400. The van der Waals surface area contributed by atoms with Crippen LogP contribution in [0.15, 0.2) is 0 Å². The quantitative estimate of drug-likeness (QED) is 0.233. The van der Waals surface area contributed by atoms with Crippen LogP contribution in [-0.2, 0) is 0 Å². The Labute approximate surface area is 54.8 Å². The summed E-state index contributed by atoms with van der Waals surface area (Å²) in [5, 5.41) is 12.5. The molecule has 2 nitrogen and oxygen atoms in total. The average Bonchev–Trinajstić information content (AvgIpc) is 1.50. The monoisotopic (exact) mass is 76.0 g/mol. The predicted molar refractivity (Wildman–Crippen MR) is 11.0 cm³/mol. The van der Waals surface area contributed by atoms with Crippen molar-refractivity contribution in [2.45, 2.75) is 0 Å². The zero-order chi connectivity index (χ0) is 4.00. The van der Waals surface area contributed by atoms with Gasteiger partial charge in [-0.2, -0.15) is 0 Å². The van der Waals surface area contributed by atoms with Crippen molar-refractivity contribution in [3.05, 3.63) is 13.1 Å². The van der Waals surface area contributed by atoms with Crippen molar-refractivity contribution < 1.29 is 31.0 Å². The Hall–Kier alpha value is -0.0200. The SMILES string of the molecule is [C-]#N.[C-]#N.[H+].[Na+]. The first-order valence-corrected chi connectivity index (χ1v) is 0.447. The molecule has 3 heteroatoms. The number of rotatable bonds is 0. The van der Waals surface area contributed by atoms with Crippen molar-refractivity contribution in [2.75, 3.05) is 0 Å². The van der Waals surface area contributed by atoms with Crippen molar-refractivity contribution in [1.29, 1.82) is 10.5 Å². The van der Waals surface area contributed by atoms with Crippen LogP contribution in [0.1, 0.15) is 1.43 Å². The largest absolute Gasteiger partial charge is 1.00 e. The van der Waals surface area contributed by atoms with Gasteiger partial charge in [0.05, 0.1) is 0 Å². The molecule has 0 aromatic heterocycles. The number of hydrogen-bond donors (Lipinski definition) is 0. The van der Waals surface area contributed by atoms with E-state index in [1.807, 2.05) is 0 Å². The van der Waals surface area contributed by atoms with Crippen LogP contribution < -0.4 is 29.6 Å². The molecular formula is C2HN2Na. The van der Waals surface area contributed by atoms with Crippen molar-refractivity contribution in [1.82, 2.24) is 0 Å². The molecule has 0 bridgehead atoms. The van der Waals surface area contributed by atoms with Gasteiger partial charge in [-0.3, -0.25) is 0 Å². The van der Waals surface area contributed by atoms with E-state index >= 15 is 0 Å². The van der Waals surface area contributed by atoms with Gasteiger partial charge in [-0.05, 0) is 0 Å². The molecule has 0 spiro atoms. The Balaban J connectivity index is -0.00000000500. The van der Waals surface area contributed by atoms with Crippen LogP contribution in [0.25, 0.3) is 0 Å². The molecule has 0 amide bonds. The number of nitrogens with zero attached hydrogens (tertiary/aromatic N) is 2. The zero-order valence-corrected chi connectivity index (χ0v) is 4.89. The van der Waals surface area contributed by atoms with E-state index in [-0.39, 0.29) is 31.0 Å². The van der Waals surface area contributed by atoms with Gasteiger partial charge in [0.1, 0.15) is 0 Å². The molecule has 0 rings (SSSR count). The smallest absolute Gasteiger partial charge is 0.512 e. The van der Waals surface area contributed by atoms with E-state index in [4.69, 9.17) is 23.7 Å². The maximum Gasteiger partial charge on any atom is 1.00 e. The van der Waals surface area contributed by atoms with Gasteiger partial charge in [0.25, 0.3) is 0 Å². The first-order valence-electron chi connectivity index (χ1n) is 0.447. The van der Waals surface area contributed by atoms with Crippen molar-refractivity contribution >= 4 is 0 Å². The summed E-state index contributed by atoms with van der Waals surface area (Å²) in [6.45, 7) is 9.50. The molecule has 0 saturated heterocycles. The van der Waals surface area contributed by atoms with Crippen molar-refractivity contribution in [3.8, 4) is 0 Å². The summed E-state index contributed by atoms with van der Waals surface area (Å²) < 4.78 is 0. The molecule has 0 aromatic rings. The van der Waals surface area contributed by atoms with E-state index in [0.29, 0.717) is 0 Å². The third-order valence-electron chi connectivity index (χ3n) is 0. The molecule has 0 aliphatic heterocycles. The maximum absolute atomic E-state index is 6.25. The minimum Gasteiger partial charge on any atom is -0.512 e. The maximum atomic E-state index is 6.25. The van der Waals surface area contributed by atoms with E-state index in [0.717, 1.165) is 0 Å². The van der Waals surface area contributed by atoms with Gasteiger partial charge in [-0.25, -0.2) is 0 Å². The first kappa shape index (κ1) is 20.1. The Morgan fingerprint density at radius 2 is 1.00 bits per heavy atom. The Kier molecular flexibility index (Phi) is 356000. The molecular weight excluding hydrogens is 75.0 g/mol. The molecule has 5 heavy (non-hydrogen) atoms. The normalized spacial score (nSPS) is 0.800. The summed E-state index contributed by atoms with van der Waals surface area (Å²) in [4.78, 5) is 0. The van der Waals surface area contributed by atoms with Gasteiger partial charge in [0, 0.05) is 0 Å². The van der Waals surface area contributed by atoms with Crippen LogP contribution in [0.3, 0.4) is 0 Å². The van der Waals surface area contributed by atoms with Gasteiger partial charge < -0.3 is 23.7 Å². The summed E-state index contributed by atoms with van der Waals surface area (Å²) >= 11 is 0. The molecule has 0 heterocycles. The minimum atomic E-state index is 0. The summed E-state index contributed by atoms with van der Waals surface area (Å²) in [5.41, 5.74) is 0. The second-order valence-corrected chi connectivity index (χ2v) is 0. The molecule has 0 atom stereocenters. The number of hydrogen-bond acceptors (Lipinski definition) is 2. The summed E-state index contributed by atoms with van der Waals surface area (Å²) in [6, 6.07) is 0. The first-order chi connectivity index (χ1) is 2.00. The van der Waals surface area contributed by atoms with Gasteiger partial charge >= 0.3 is 31.0 Å². The molecule has 0 fully saturated rings. The van der Waals surface area contributed by atoms with Crippen LogP contribution in [0.4, 0.5) is 0 Å². The van der Waals surface area contributed by atoms with Crippen LogP contribution in [0, 0.1) is 23.7 Å². The van der Waals surface area contributed by atoms with Crippen LogP contribution in [0.5, 0.6) is 0 Å². The topological polar surface area (TPSA) is 47.6 Å². The third-order valence-corrected chi connectivity index (χ3v) is 0. The van der Waals surface area contributed by atoms with Crippen LogP contribution >= 0.6 is 0 Å². The van der Waals surface area contributed by atoms with Crippen LogP contribution in [0.2, 0.25) is 0 Å².